The molecule has 1 saturated heterocycles. The monoisotopic (exact) mass is 540 g/mol. The topological polar surface area (TPSA) is 48.9 Å². The summed E-state index contributed by atoms with van der Waals surface area (Å²) in [5, 5.41) is 6.54. The molecular weight excluding hydrogens is 506 g/mol. The van der Waals surface area contributed by atoms with Gasteiger partial charge in [-0.1, -0.05) is 42.5 Å². The second-order valence-corrected chi connectivity index (χ2v) is 7.66. The third kappa shape index (κ3) is 9.53. The van der Waals surface area contributed by atoms with Gasteiger partial charge in [0.1, 0.15) is 5.82 Å². The molecule has 1 aliphatic heterocycles. The summed E-state index contributed by atoms with van der Waals surface area (Å²) in [4.78, 5) is 6.73. The fraction of sp³-hybridized carbons (Fsp3) is 0.458. The average molecular weight is 540 g/mol. The Balaban J connectivity index is 0.00000341. The summed E-state index contributed by atoms with van der Waals surface area (Å²) >= 11 is 0. The van der Waals surface area contributed by atoms with E-state index in [1.165, 1.54) is 17.7 Å². The van der Waals surface area contributed by atoms with Crippen molar-refractivity contribution in [1.29, 1.82) is 0 Å². The van der Waals surface area contributed by atoms with Gasteiger partial charge in [0.25, 0.3) is 0 Å². The summed E-state index contributed by atoms with van der Waals surface area (Å²) in [6, 6.07) is 17.1. The summed E-state index contributed by atoms with van der Waals surface area (Å²) < 4.78 is 19.0. The highest BCUT2D eigenvalue weighted by molar-refractivity contribution is 14.0. The molecule has 7 heteroatoms. The number of likely N-dealkylation sites (tertiary alicyclic amines) is 1. The lowest BCUT2D eigenvalue weighted by Crippen LogP contribution is -2.38. The van der Waals surface area contributed by atoms with Gasteiger partial charge in [-0.25, -0.2) is 4.39 Å². The van der Waals surface area contributed by atoms with Crippen molar-refractivity contribution in [3.63, 3.8) is 0 Å². The van der Waals surface area contributed by atoms with E-state index in [1.807, 2.05) is 0 Å². The zero-order chi connectivity index (χ0) is 21.0. The SMILES string of the molecule is CN=C(NCCCOC1CCN(Cc2ccccc2)CC1)NCc1ccc(F)cc1.I. The Morgan fingerprint density at radius 1 is 1.03 bits per heavy atom. The molecule has 0 atom stereocenters. The van der Waals surface area contributed by atoms with Crippen molar-refractivity contribution in [3.05, 3.63) is 71.5 Å². The Bertz CT molecular complexity index is 765. The van der Waals surface area contributed by atoms with Crippen LogP contribution in [0.1, 0.15) is 30.4 Å². The van der Waals surface area contributed by atoms with Crippen LogP contribution in [0.15, 0.2) is 59.6 Å². The maximum absolute atomic E-state index is 13.0. The minimum atomic E-state index is -0.219. The number of hydrogen-bond acceptors (Lipinski definition) is 3. The molecule has 0 bridgehead atoms. The van der Waals surface area contributed by atoms with E-state index in [0.717, 1.165) is 63.6 Å². The number of aliphatic imine (C=N–C) groups is 1. The van der Waals surface area contributed by atoms with Gasteiger partial charge in [0.2, 0.25) is 0 Å². The quantitative estimate of drug-likeness (QED) is 0.217. The number of ether oxygens (including phenoxy) is 1. The van der Waals surface area contributed by atoms with Crippen LogP contribution in [-0.2, 0) is 17.8 Å². The maximum atomic E-state index is 13.0. The van der Waals surface area contributed by atoms with Crippen molar-refractivity contribution in [3.8, 4) is 0 Å². The lowest BCUT2D eigenvalue weighted by molar-refractivity contribution is 0.00534. The highest BCUT2D eigenvalue weighted by Crippen LogP contribution is 2.16. The highest BCUT2D eigenvalue weighted by Gasteiger charge is 2.19. The van der Waals surface area contributed by atoms with Crippen molar-refractivity contribution in [2.24, 2.45) is 4.99 Å². The van der Waals surface area contributed by atoms with Crippen LogP contribution in [0.25, 0.3) is 0 Å². The van der Waals surface area contributed by atoms with Crippen LogP contribution in [0.4, 0.5) is 4.39 Å². The van der Waals surface area contributed by atoms with E-state index in [9.17, 15) is 4.39 Å². The average Bonchev–Trinajstić information content (AvgIpc) is 2.78. The molecule has 3 rings (SSSR count). The maximum Gasteiger partial charge on any atom is 0.191 e. The molecule has 0 unspecified atom stereocenters. The Hall–Kier alpha value is -1.71. The van der Waals surface area contributed by atoms with Crippen molar-refractivity contribution >= 4 is 29.9 Å². The molecule has 2 N–H and O–H groups in total. The largest absolute Gasteiger partial charge is 0.378 e. The molecule has 1 heterocycles. The zero-order valence-corrected chi connectivity index (χ0v) is 20.6. The van der Waals surface area contributed by atoms with E-state index in [1.54, 1.807) is 19.2 Å². The van der Waals surface area contributed by atoms with Crippen LogP contribution in [0.5, 0.6) is 0 Å². The van der Waals surface area contributed by atoms with Crippen LogP contribution in [-0.4, -0.2) is 50.3 Å². The molecule has 0 spiro atoms. The predicted octanol–water partition coefficient (Wildman–Crippen LogP) is 4.18. The fourth-order valence-corrected chi connectivity index (χ4v) is 3.61. The highest BCUT2D eigenvalue weighted by atomic mass is 127. The van der Waals surface area contributed by atoms with Gasteiger partial charge in [0.05, 0.1) is 6.10 Å². The molecule has 31 heavy (non-hydrogen) atoms. The minimum Gasteiger partial charge on any atom is -0.378 e. The number of rotatable bonds is 9. The Morgan fingerprint density at radius 3 is 2.42 bits per heavy atom. The number of guanidine groups is 1. The van der Waals surface area contributed by atoms with Gasteiger partial charge >= 0.3 is 0 Å². The van der Waals surface area contributed by atoms with Crippen molar-refractivity contribution in [2.45, 2.75) is 38.5 Å². The zero-order valence-electron chi connectivity index (χ0n) is 18.2. The first-order valence-corrected chi connectivity index (χ1v) is 10.8. The Labute approximate surface area is 202 Å². The molecule has 5 nitrogen and oxygen atoms in total. The third-order valence-electron chi connectivity index (χ3n) is 5.35. The Kier molecular flexibility index (Phi) is 11.8. The summed E-state index contributed by atoms with van der Waals surface area (Å²) in [5.41, 5.74) is 2.39. The molecule has 1 aliphatic rings. The lowest BCUT2D eigenvalue weighted by atomic mass is 10.1. The van der Waals surface area contributed by atoms with Crippen LogP contribution in [0.3, 0.4) is 0 Å². The summed E-state index contributed by atoms with van der Waals surface area (Å²) in [6.07, 6.45) is 3.50. The number of nitrogens with one attached hydrogen (secondary N) is 2. The molecule has 0 saturated carbocycles. The molecule has 2 aromatic carbocycles. The van der Waals surface area contributed by atoms with Gasteiger partial charge in [-0.3, -0.25) is 9.89 Å². The van der Waals surface area contributed by atoms with E-state index in [2.05, 4.69) is 50.9 Å². The minimum absolute atomic E-state index is 0. The summed E-state index contributed by atoms with van der Waals surface area (Å²) in [5.74, 6) is 0.525. The van der Waals surface area contributed by atoms with E-state index >= 15 is 0 Å². The molecule has 0 aliphatic carbocycles. The van der Waals surface area contributed by atoms with Gasteiger partial charge in [-0.05, 0) is 42.5 Å². The van der Waals surface area contributed by atoms with Crippen molar-refractivity contribution < 1.29 is 9.13 Å². The number of halogens is 2. The fourth-order valence-electron chi connectivity index (χ4n) is 3.61. The first-order chi connectivity index (χ1) is 14.7. The van der Waals surface area contributed by atoms with Gasteiger partial charge in [0.15, 0.2) is 5.96 Å². The van der Waals surface area contributed by atoms with Crippen molar-refractivity contribution in [1.82, 2.24) is 15.5 Å². The van der Waals surface area contributed by atoms with E-state index < -0.39 is 0 Å². The second-order valence-electron chi connectivity index (χ2n) is 7.66. The summed E-state index contributed by atoms with van der Waals surface area (Å²) in [6.45, 7) is 5.39. The van der Waals surface area contributed by atoms with Gasteiger partial charge in [-0.2, -0.15) is 0 Å². The molecule has 0 amide bonds. The first kappa shape index (κ1) is 25.5. The smallest absolute Gasteiger partial charge is 0.191 e. The van der Waals surface area contributed by atoms with Crippen LogP contribution in [0, 0.1) is 5.82 Å². The first-order valence-electron chi connectivity index (χ1n) is 10.8. The van der Waals surface area contributed by atoms with Gasteiger partial charge in [-0.15, -0.1) is 24.0 Å². The van der Waals surface area contributed by atoms with Gasteiger partial charge < -0.3 is 15.4 Å². The number of piperidine rings is 1. The van der Waals surface area contributed by atoms with E-state index in [4.69, 9.17) is 4.74 Å². The molecule has 0 radical (unpaired) electrons. The molecule has 1 fully saturated rings. The number of benzene rings is 2. The number of hydrogen-bond donors (Lipinski definition) is 2. The van der Waals surface area contributed by atoms with Gasteiger partial charge in [0, 0.05) is 46.4 Å². The van der Waals surface area contributed by atoms with Crippen LogP contribution >= 0.6 is 24.0 Å². The molecule has 2 aromatic rings. The normalized spacial score (nSPS) is 15.4. The molecular formula is C24H34FIN4O. The number of nitrogens with zero attached hydrogens (tertiary/aromatic N) is 2. The lowest BCUT2D eigenvalue weighted by Gasteiger charge is -2.32. The van der Waals surface area contributed by atoms with Crippen molar-refractivity contribution in [2.75, 3.05) is 33.3 Å². The van der Waals surface area contributed by atoms with Crippen LogP contribution < -0.4 is 10.6 Å². The van der Waals surface area contributed by atoms with E-state index in [0.29, 0.717) is 12.6 Å². The Morgan fingerprint density at radius 2 is 1.74 bits per heavy atom. The molecule has 170 valence electrons. The predicted molar refractivity (Wildman–Crippen MR) is 135 cm³/mol. The second kappa shape index (κ2) is 14.4. The molecule has 0 aromatic heterocycles. The standard InChI is InChI=1S/C24H33FN4O.HI/c1-26-24(28-18-20-8-10-22(25)11-9-20)27-14-5-17-30-23-12-15-29(16-13-23)19-21-6-3-2-4-7-21;/h2-4,6-11,23H,5,12-19H2,1H3,(H2,26,27,28);1H. The van der Waals surface area contributed by atoms with Crippen LogP contribution in [0.2, 0.25) is 0 Å². The third-order valence-corrected chi connectivity index (χ3v) is 5.35. The van der Waals surface area contributed by atoms with E-state index in [-0.39, 0.29) is 29.8 Å². The summed E-state index contributed by atoms with van der Waals surface area (Å²) in [7, 11) is 1.75.